The van der Waals surface area contributed by atoms with E-state index in [4.69, 9.17) is 9.15 Å². The predicted molar refractivity (Wildman–Crippen MR) is 68.3 cm³/mol. The second kappa shape index (κ2) is 6.70. The highest BCUT2D eigenvalue weighted by Crippen LogP contribution is 2.13. The van der Waals surface area contributed by atoms with Gasteiger partial charge in [0.15, 0.2) is 0 Å². The van der Waals surface area contributed by atoms with E-state index >= 15 is 0 Å². The Kier molecular flexibility index (Phi) is 4.95. The van der Waals surface area contributed by atoms with Crippen molar-refractivity contribution in [1.29, 1.82) is 0 Å². The van der Waals surface area contributed by atoms with Gasteiger partial charge >= 0.3 is 6.01 Å². The number of hydrogen-bond acceptors (Lipinski definition) is 6. The quantitative estimate of drug-likeness (QED) is 0.766. The van der Waals surface area contributed by atoms with Crippen LogP contribution in [0, 0.1) is 5.92 Å². The molecule has 1 saturated heterocycles. The number of nitrogens with zero attached hydrogens (tertiary/aromatic N) is 2. The molecule has 6 heteroatoms. The zero-order chi connectivity index (χ0) is 12.8. The fourth-order valence-corrected chi connectivity index (χ4v) is 1.87. The molecule has 2 heterocycles. The van der Waals surface area contributed by atoms with Crippen molar-refractivity contribution < 1.29 is 9.15 Å². The Bertz CT molecular complexity index is 348. The smallest absolute Gasteiger partial charge is 0.315 e. The van der Waals surface area contributed by atoms with Crippen LogP contribution in [0.3, 0.4) is 0 Å². The first-order valence-electron chi connectivity index (χ1n) is 6.62. The van der Waals surface area contributed by atoms with E-state index in [2.05, 4.69) is 34.7 Å². The molecule has 2 N–H and O–H groups in total. The van der Waals surface area contributed by atoms with Crippen molar-refractivity contribution in [1.82, 2.24) is 15.5 Å². The van der Waals surface area contributed by atoms with E-state index in [1.54, 1.807) is 0 Å². The standard InChI is InChI=1S/C12H22N4O2/c1-9(2)6-13-8-11-15-16-12(18-11)14-7-10-4-3-5-17-10/h9-10,13H,3-8H2,1-2H3,(H,14,16). The molecule has 18 heavy (non-hydrogen) atoms. The fourth-order valence-electron chi connectivity index (χ4n) is 1.87. The van der Waals surface area contributed by atoms with Crippen LogP contribution < -0.4 is 10.6 Å². The van der Waals surface area contributed by atoms with Crippen molar-refractivity contribution in [3.8, 4) is 0 Å². The van der Waals surface area contributed by atoms with E-state index in [-0.39, 0.29) is 6.10 Å². The number of hydrogen-bond donors (Lipinski definition) is 2. The number of anilines is 1. The predicted octanol–water partition coefficient (Wildman–Crippen LogP) is 1.41. The molecule has 0 bridgehead atoms. The molecule has 0 radical (unpaired) electrons. The molecule has 1 aromatic rings. The van der Waals surface area contributed by atoms with Crippen molar-refractivity contribution in [3.63, 3.8) is 0 Å². The number of ether oxygens (including phenoxy) is 1. The van der Waals surface area contributed by atoms with Crippen LogP contribution >= 0.6 is 0 Å². The molecule has 0 spiro atoms. The monoisotopic (exact) mass is 254 g/mol. The minimum absolute atomic E-state index is 0.277. The average Bonchev–Trinajstić information content (AvgIpc) is 2.96. The summed E-state index contributed by atoms with van der Waals surface area (Å²) in [7, 11) is 0. The van der Waals surface area contributed by atoms with E-state index < -0.39 is 0 Å². The Morgan fingerprint density at radius 3 is 3.00 bits per heavy atom. The SMILES string of the molecule is CC(C)CNCc1nnc(NCC2CCCO2)o1. The van der Waals surface area contributed by atoms with Crippen LogP contribution in [0.4, 0.5) is 6.01 Å². The van der Waals surface area contributed by atoms with Crippen molar-refractivity contribution in [3.05, 3.63) is 5.89 Å². The molecule has 0 saturated carbocycles. The van der Waals surface area contributed by atoms with Gasteiger partial charge in [0, 0.05) is 13.2 Å². The molecule has 0 aliphatic carbocycles. The molecule has 0 amide bonds. The van der Waals surface area contributed by atoms with Gasteiger partial charge in [0.1, 0.15) is 0 Å². The molecule has 1 aliphatic heterocycles. The van der Waals surface area contributed by atoms with Crippen molar-refractivity contribution in [2.75, 3.05) is 25.0 Å². The van der Waals surface area contributed by atoms with Gasteiger partial charge in [0.25, 0.3) is 0 Å². The maximum Gasteiger partial charge on any atom is 0.315 e. The molecule has 1 unspecified atom stereocenters. The van der Waals surface area contributed by atoms with E-state index in [1.165, 1.54) is 0 Å². The van der Waals surface area contributed by atoms with Crippen molar-refractivity contribution in [2.24, 2.45) is 5.92 Å². The highest BCUT2D eigenvalue weighted by atomic mass is 16.5. The topological polar surface area (TPSA) is 72.2 Å². The van der Waals surface area contributed by atoms with E-state index in [9.17, 15) is 0 Å². The maximum absolute atomic E-state index is 5.51. The first-order valence-corrected chi connectivity index (χ1v) is 6.62. The van der Waals surface area contributed by atoms with Crippen molar-refractivity contribution >= 4 is 6.01 Å². The molecular formula is C12H22N4O2. The van der Waals surface area contributed by atoms with Crippen LogP contribution in [0.15, 0.2) is 4.42 Å². The molecule has 2 rings (SSSR count). The Labute approximate surface area is 107 Å². The zero-order valence-corrected chi connectivity index (χ0v) is 11.1. The van der Waals surface area contributed by atoms with Gasteiger partial charge in [-0.15, -0.1) is 5.10 Å². The lowest BCUT2D eigenvalue weighted by molar-refractivity contribution is 0.120. The highest BCUT2D eigenvalue weighted by Gasteiger charge is 2.16. The van der Waals surface area contributed by atoms with Crippen LogP contribution in [0.2, 0.25) is 0 Å². The average molecular weight is 254 g/mol. The summed E-state index contributed by atoms with van der Waals surface area (Å²) in [6, 6.07) is 0.479. The number of rotatable bonds is 7. The fraction of sp³-hybridized carbons (Fsp3) is 0.833. The minimum atomic E-state index is 0.277. The lowest BCUT2D eigenvalue weighted by atomic mass is 10.2. The summed E-state index contributed by atoms with van der Waals surface area (Å²) in [5.41, 5.74) is 0. The Morgan fingerprint density at radius 1 is 1.39 bits per heavy atom. The summed E-state index contributed by atoms with van der Waals surface area (Å²) >= 11 is 0. The molecule has 1 atom stereocenters. The maximum atomic E-state index is 5.51. The number of aromatic nitrogens is 2. The first-order chi connectivity index (χ1) is 8.74. The van der Waals surface area contributed by atoms with Gasteiger partial charge < -0.3 is 19.8 Å². The van der Waals surface area contributed by atoms with E-state index in [0.29, 0.717) is 24.4 Å². The van der Waals surface area contributed by atoms with Gasteiger partial charge in [-0.3, -0.25) is 0 Å². The molecule has 1 aliphatic rings. The van der Waals surface area contributed by atoms with Crippen LogP contribution in [-0.2, 0) is 11.3 Å². The third kappa shape index (κ3) is 4.27. The third-order valence-electron chi connectivity index (χ3n) is 2.80. The van der Waals surface area contributed by atoms with Gasteiger partial charge in [-0.05, 0) is 25.3 Å². The second-order valence-electron chi connectivity index (χ2n) is 5.04. The molecular weight excluding hydrogens is 232 g/mol. The zero-order valence-electron chi connectivity index (χ0n) is 11.1. The highest BCUT2D eigenvalue weighted by molar-refractivity contribution is 5.17. The summed E-state index contributed by atoms with van der Waals surface area (Å²) in [6.45, 7) is 7.49. The van der Waals surface area contributed by atoms with Gasteiger partial charge in [0.05, 0.1) is 12.6 Å². The molecule has 102 valence electrons. The Morgan fingerprint density at radius 2 is 2.28 bits per heavy atom. The van der Waals surface area contributed by atoms with Gasteiger partial charge in [-0.2, -0.15) is 0 Å². The van der Waals surface area contributed by atoms with Gasteiger partial charge in [-0.1, -0.05) is 18.9 Å². The summed E-state index contributed by atoms with van der Waals surface area (Å²) in [5.74, 6) is 1.23. The normalized spacial score (nSPS) is 19.6. The molecule has 0 aromatic carbocycles. The molecule has 1 fully saturated rings. The summed E-state index contributed by atoms with van der Waals surface area (Å²) in [6.07, 6.45) is 2.52. The van der Waals surface area contributed by atoms with Crippen LogP contribution in [0.25, 0.3) is 0 Å². The van der Waals surface area contributed by atoms with Gasteiger partial charge in [0.2, 0.25) is 5.89 Å². The number of nitrogens with one attached hydrogen (secondary N) is 2. The van der Waals surface area contributed by atoms with Crippen molar-refractivity contribution in [2.45, 2.75) is 39.3 Å². The first kappa shape index (κ1) is 13.3. The van der Waals surface area contributed by atoms with Gasteiger partial charge in [-0.25, -0.2) is 0 Å². The lowest BCUT2D eigenvalue weighted by Crippen LogP contribution is -2.19. The molecule has 6 nitrogen and oxygen atoms in total. The largest absolute Gasteiger partial charge is 0.407 e. The van der Waals surface area contributed by atoms with E-state index in [0.717, 1.165) is 32.5 Å². The Balaban J connectivity index is 1.68. The second-order valence-corrected chi connectivity index (χ2v) is 5.04. The van der Waals surface area contributed by atoms with E-state index in [1.807, 2.05) is 0 Å². The van der Waals surface area contributed by atoms with Crippen LogP contribution in [0.1, 0.15) is 32.6 Å². The molecule has 1 aromatic heterocycles. The minimum Gasteiger partial charge on any atom is -0.407 e. The van der Waals surface area contributed by atoms with Crippen LogP contribution in [0.5, 0.6) is 0 Å². The third-order valence-corrected chi connectivity index (χ3v) is 2.80. The summed E-state index contributed by atoms with van der Waals surface area (Å²) in [5, 5.41) is 14.3. The lowest BCUT2D eigenvalue weighted by Gasteiger charge is -2.08. The van der Waals surface area contributed by atoms with Crippen LogP contribution in [-0.4, -0.2) is 36.0 Å². The Hall–Kier alpha value is -1.14. The summed E-state index contributed by atoms with van der Waals surface area (Å²) in [4.78, 5) is 0. The summed E-state index contributed by atoms with van der Waals surface area (Å²) < 4.78 is 11.0.